The summed E-state index contributed by atoms with van der Waals surface area (Å²) < 4.78 is 11.9. The van der Waals surface area contributed by atoms with Crippen LogP contribution in [0.1, 0.15) is 44.2 Å². The molecule has 0 saturated carbocycles. The van der Waals surface area contributed by atoms with Crippen LogP contribution >= 0.6 is 0 Å². The van der Waals surface area contributed by atoms with Gasteiger partial charge < -0.3 is 5.11 Å². The first-order chi connectivity index (χ1) is 8.93. The zero-order valence-electron chi connectivity index (χ0n) is 11.8. The van der Waals surface area contributed by atoms with Gasteiger partial charge in [-0.3, -0.25) is 9.00 Å². The lowest BCUT2D eigenvalue weighted by Crippen LogP contribution is -2.09. The number of rotatable bonds is 7. The van der Waals surface area contributed by atoms with Gasteiger partial charge in [0, 0.05) is 22.3 Å². The Morgan fingerprint density at radius 1 is 1.26 bits per heavy atom. The Balaban J connectivity index is 2.62. The van der Waals surface area contributed by atoms with Crippen LogP contribution in [0, 0.1) is 5.92 Å². The third-order valence-electron chi connectivity index (χ3n) is 3.35. The summed E-state index contributed by atoms with van der Waals surface area (Å²) in [6.45, 7) is 5.87. The van der Waals surface area contributed by atoms with Gasteiger partial charge in [0.1, 0.15) is 0 Å². The summed E-state index contributed by atoms with van der Waals surface area (Å²) in [4.78, 5) is 10.9. The molecule has 1 rings (SSSR count). The molecule has 106 valence electrons. The highest BCUT2D eigenvalue weighted by atomic mass is 32.2. The molecule has 0 saturated heterocycles. The van der Waals surface area contributed by atoms with Gasteiger partial charge in [-0.25, -0.2) is 0 Å². The van der Waals surface area contributed by atoms with Crippen LogP contribution in [0.3, 0.4) is 0 Å². The van der Waals surface area contributed by atoms with E-state index in [2.05, 4.69) is 13.8 Å². The quantitative estimate of drug-likeness (QED) is 0.835. The summed E-state index contributed by atoms with van der Waals surface area (Å²) in [5.74, 6) is 0.426. The molecule has 4 heteroatoms. The van der Waals surface area contributed by atoms with Crippen molar-refractivity contribution >= 4 is 16.8 Å². The van der Waals surface area contributed by atoms with Crippen molar-refractivity contribution in [2.75, 3.05) is 5.75 Å². The van der Waals surface area contributed by atoms with Crippen LogP contribution in [0.2, 0.25) is 0 Å². The number of carboxylic acid groups (broad SMARTS) is 1. The molecular weight excluding hydrogens is 260 g/mol. The first-order valence-electron chi connectivity index (χ1n) is 6.60. The van der Waals surface area contributed by atoms with Gasteiger partial charge in [0.15, 0.2) is 0 Å². The predicted octanol–water partition coefficient (Wildman–Crippen LogP) is 3.17. The van der Waals surface area contributed by atoms with E-state index in [1.807, 2.05) is 24.3 Å². The SMILES string of the molecule is CCC(C)CS(=O)Cc1ccc(C(C)C(=O)O)cc1. The van der Waals surface area contributed by atoms with Crippen LogP contribution < -0.4 is 0 Å². The summed E-state index contributed by atoms with van der Waals surface area (Å²) in [7, 11) is -0.843. The van der Waals surface area contributed by atoms with Crippen molar-refractivity contribution in [3.8, 4) is 0 Å². The molecule has 0 fully saturated rings. The summed E-state index contributed by atoms with van der Waals surface area (Å²) in [6.07, 6.45) is 1.04. The average Bonchev–Trinajstić information content (AvgIpc) is 2.38. The summed E-state index contributed by atoms with van der Waals surface area (Å²) >= 11 is 0. The van der Waals surface area contributed by atoms with E-state index < -0.39 is 22.7 Å². The molecular formula is C15H22O3S. The number of carbonyl (C=O) groups is 1. The van der Waals surface area contributed by atoms with Gasteiger partial charge in [0.05, 0.1) is 5.92 Å². The van der Waals surface area contributed by atoms with E-state index in [1.165, 1.54) is 0 Å². The lowest BCUT2D eigenvalue weighted by molar-refractivity contribution is -0.138. The highest BCUT2D eigenvalue weighted by Crippen LogP contribution is 2.17. The molecule has 0 spiro atoms. The fourth-order valence-electron chi connectivity index (χ4n) is 1.73. The van der Waals surface area contributed by atoms with Crippen LogP contribution in [-0.4, -0.2) is 21.0 Å². The maximum Gasteiger partial charge on any atom is 0.310 e. The molecule has 0 bridgehead atoms. The van der Waals surface area contributed by atoms with Gasteiger partial charge in [0.25, 0.3) is 0 Å². The van der Waals surface area contributed by atoms with Crippen molar-refractivity contribution in [1.29, 1.82) is 0 Å². The second-order valence-electron chi connectivity index (χ2n) is 5.07. The van der Waals surface area contributed by atoms with Gasteiger partial charge in [-0.2, -0.15) is 0 Å². The minimum Gasteiger partial charge on any atom is -0.481 e. The summed E-state index contributed by atoms with van der Waals surface area (Å²) in [5.41, 5.74) is 1.78. The molecule has 0 aromatic heterocycles. The fraction of sp³-hybridized carbons (Fsp3) is 0.533. The number of hydrogen-bond acceptors (Lipinski definition) is 2. The standard InChI is InChI=1S/C15H22O3S/c1-4-11(2)9-19(18)10-13-5-7-14(8-6-13)12(3)15(16)17/h5-8,11-12H,4,9-10H2,1-3H3,(H,16,17). The van der Waals surface area contributed by atoms with Crippen molar-refractivity contribution in [2.24, 2.45) is 5.92 Å². The summed E-state index contributed by atoms with van der Waals surface area (Å²) in [6, 6.07) is 7.38. The monoisotopic (exact) mass is 282 g/mol. The number of carboxylic acids is 1. The van der Waals surface area contributed by atoms with E-state index in [4.69, 9.17) is 5.11 Å². The predicted molar refractivity (Wildman–Crippen MR) is 78.7 cm³/mol. The van der Waals surface area contributed by atoms with Gasteiger partial charge >= 0.3 is 5.97 Å². The molecule has 1 N–H and O–H groups in total. The normalized spacial score (nSPS) is 15.7. The second-order valence-corrected chi connectivity index (χ2v) is 6.57. The van der Waals surface area contributed by atoms with Crippen molar-refractivity contribution < 1.29 is 14.1 Å². The molecule has 0 aliphatic heterocycles. The molecule has 3 nitrogen and oxygen atoms in total. The highest BCUT2D eigenvalue weighted by Gasteiger charge is 2.13. The Bertz CT molecular complexity index is 439. The van der Waals surface area contributed by atoms with E-state index >= 15 is 0 Å². The largest absolute Gasteiger partial charge is 0.481 e. The summed E-state index contributed by atoms with van der Waals surface area (Å²) in [5, 5.41) is 8.93. The molecule has 1 aromatic carbocycles. The number of hydrogen-bond donors (Lipinski definition) is 1. The van der Waals surface area contributed by atoms with E-state index in [9.17, 15) is 9.00 Å². The fourth-order valence-corrected chi connectivity index (χ4v) is 3.28. The van der Waals surface area contributed by atoms with E-state index in [-0.39, 0.29) is 0 Å². The molecule has 3 atom stereocenters. The third-order valence-corrected chi connectivity index (χ3v) is 4.94. The number of benzene rings is 1. The van der Waals surface area contributed by atoms with Gasteiger partial charge in [-0.05, 0) is 24.0 Å². The highest BCUT2D eigenvalue weighted by molar-refractivity contribution is 7.84. The van der Waals surface area contributed by atoms with E-state index in [0.717, 1.165) is 23.3 Å². The first kappa shape index (κ1) is 15.9. The lowest BCUT2D eigenvalue weighted by atomic mass is 10.0. The molecule has 0 heterocycles. The van der Waals surface area contributed by atoms with Crippen LogP contribution in [0.25, 0.3) is 0 Å². The van der Waals surface area contributed by atoms with E-state index in [0.29, 0.717) is 11.7 Å². The topological polar surface area (TPSA) is 54.4 Å². The van der Waals surface area contributed by atoms with Gasteiger partial charge in [0.2, 0.25) is 0 Å². The van der Waals surface area contributed by atoms with Crippen molar-refractivity contribution in [1.82, 2.24) is 0 Å². The molecule has 0 aliphatic carbocycles. The Hall–Kier alpha value is -1.16. The van der Waals surface area contributed by atoms with Crippen molar-refractivity contribution in [2.45, 2.75) is 38.9 Å². The van der Waals surface area contributed by atoms with Crippen molar-refractivity contribution in [3.05, 3.63) is 35.4 Å². The Labute approximate surface area is 117 Å². The molecule has 0 aliphatic rings. The zero-order valence-corrected chi connectivity index (χ0v) is 12.6. The van der Waals surface area contributed by atoms with Crippen LogP contribution in [0.15, 0.2) is 24.3 Å². The second kappa shape index (κ2) is 7.43. The molecule has 19 heavy (non-hydrogen) atoms. The maximum atomic E-state index is 11.9. The minimum atomic E-state index is -0.843. The first-order valence-corrected chi connectivity index (χ1v) is 8.09. The van der Waals surface area contributed by atoms with E-state index in [1.54, 1.807) is 6.92 Å². The average molecular weight is 282 g/mol. The Morgan fingerprint density at radius 2 is 1.84 bits per heavy atom. The lowest BCUT2D eigenvalue weighted by Gasteiger charge is -2.10. The molecule has 0 amide bonds. The third kappa shape index (κ3) is 5.15. The van der Waals surface area contributed by atoms with Crippen LogP contribution in [0.5, 0.6) is 0 Å². The molecule has 1 aromatic rings. The smallest absolute Gasteiger partial charge is 0.310 e. The minimum absolute atomic E-state index is 0.479. The zero-order chi connectivity index (χ0) is 14.4. The van der Waals surface area contributed by atoms with Crippen LogP contribution in [-0.2, 0) is 21.3 Å². The maximum absolute atomic E-state index is 11.9. The Morgan fingerprint density at radius 3 is 2.32 bits per heavy atom. The van der Waals surface area contributed by atoms with Crippen molar-refractivity contribution in [3.63, 3.8) is 0 Å². The number of aliphatic carboxylic acids is 1. The Kier molecular flexibility index (Phi) is 6.22. The van der Waals surface area contributed by atoms with Gasteiger partial charge in [-0.1, -0.05) is 44.5 Å². The van der Waals surface area contributed by atoms with Gasteiger partial charge in [-0.15, -0.1) is 0 Å². The molecule has 0 radical (unpaired) electrons. The van der Waals surface area contributed by atoms with Crippen LogP contribution in [0.4, 0.5) is 0 Å². The molecule has 3 unspecified atom stereocenters.